The molecular weight excluding hydrogens is 436 g/mol. The molecule has 2 N–H and O–H groups in total. The molecule has 2 amide bonds. The van der Waals surface area contributed by atoms with Gasteiger partial charge in [0.25, 0.3) is 11.8 Å². The molecule has 4 heterocycles. The molecule has 10 nitrogen and oxygen atoms in total. The van der Waals surface area contributed by atoms with E-state index in [2.05, 4.69) is 20.3 Å². The van der Waals surface area contributed by atoms with Gasteiger partial charge in [0, 0.05) is 44.1 Å². The van der Waals surface area contributed by atoms with Gasteiger partial charge in [-0.25, -0.2) is 9.50 Å². The van der Waals surface area contributed by atoms with Crippen LogP contribution in [0.2, 0.25) is 0 Å². The number of aliphatic hydroxyl groups excluding tert-OH is 1. The molecular formula is C24H26N6O4. The largest absolute Gasteiger partial charge is 0.393 e. The summed E-state index contributed by atoms with van der Waals surface area (Å²) in [5.41, 5.74) is 3.92. The Bertz CT molecular complexity index is 1260. The number of ether oxygens (including phenoxy) is 1. The Morgan fingerprint density at radius 2 is 2.06 bits per heavy atom. The number of benzene rings is 1. The minimum Gasteiger partial charge on any atom is -0.393 e. The summed E-state index contributed by atoms with van der Waals surface area (Å²) in [5, 5.41) is 16.9. The van der Waals surface area contributed by atoms with E-state index in [9.17, 15) is 14.7 Å². The molecule has 0 spiro atoms. The third-order valence-electron chi connectivity index (χ3n) is 6.91. The summed E-state index contributed by atoms with van der Waals surface area (Å²) < 4.78 is 7.07. The number of carbonyl (C=O) groups excluding carboxylic acids is 2. The van der Waals surface area contributed by atoms with Crippen LogP contribution in [0.15, 0.2) is 36.8 Å². The molecule has 6 rings (SSSR count). The SMILES string of the molecule is O=C(Nc1cc2c(cc1N1CCOCC1)C(=O)N(CC1CC(O)C1)C2)c1cnn2cccnc12. The number of carbonyl (C=O) groups is 2. The summed E-state index contributed by atoms with van der Waals surface area (Å²) in [7, 11) is 0. The van der Waals surface area contributed by atoms with Crippen LogP contribution in [-0.2, 0) is 11.3 Å². The van der Waals surface area contributed by atoms with Gasteiger partial charge in [0.2, 0.25) is 0 Å². The molecule has 2 aromatic heterocycles. The van der Waals surface area contributed by atoms with Gasteiger partial charge in [-0.15, -0.1) is 0 Å². The lowest BCUT2D eigenvalue weighted by molar-refractivity contribution is 0.0234. The molecule has 1 aromatic carbocycles. The Balaban J connectivity index is 1.31. The summed E-state index contributed by atoms with van der Waals surface area (Å²) in [4.78, 5) is 34.7. The highest BCUT2D eigenvalue weighted by molar-refractivity contribution is 6.10. The topological polar surface area (TPSA) is 112 Å². The average molecular weight is 463 g/mol. The first kappa shape index (κ1) is 21.1. The van der Waals surface area contributed by atoms with Crippen molar-refractivity contribution in [3.8, 4) is 0 Å². The van der Waals surface area contributed by atoms with E-state index < -0.39 is 0 Å². The van der Waals surface area contributed by atoms with Crippen molar-refractivity contribution in [2.75, 3.05) is 43.1 Å². The van der Waals surface area contributed by atoms with Crippen molar-refractivity contribution in [1.82, 2.24) is 19.5 Å². The molecule has 1 saturated carbocycles. The lowest BCUT2D eigenvalue weighted by Gasteiger charge is -2.34. The molecule has 1 saturated heterocycles. The summed E-state index contributed by atoms with van der Waals surface area (Å²) >= 11 is 0. The Labute approximate surface area is 196 Å². The van der Waals surface area contributed by atoms with Gasteiger partial charge in [-0.1, -0.05) is 0 Å². The van der Waals surface area contributed by atoms with Crippen LogP contribution in [0.5, 0.6) is 0 Å². The second-order valence-electron chi connectivity index (χ2n) is 9.20. The van der Waals surface area contributed by atoms with Crippen LogP contribution in [0.1, 0.15) is 39.1 Å². The Morgan fingerprint density at radius 1 is 1.24 bits per heavy atom. The summed E-state index contributed by atoms with van der Waals surface area (Å²) in [6, 6.07) is 5.58. The highest BCUT2D eigenvalue weighted by Crippen LogP contribution is 2.37. The summed E-state index contributed by atoms with van der Waals surface area (Å²) in [6.45, 7) is 3.69. The number of fused-ring (bicyclic) bond motifs is 2. The van der Waals surface area contributed by atoms with Crippen molar-refractivity contribution >= 4 is 28.8 Å². The number of aliphatic hydroxyl groups is 1. The predicted octanol–water partition coefficient (Wildman–Crippen LogP) is 1.54. The normalized spacial score (nSPS) is 22.1. The fraction of sp³-hybridized carbons (Fsp3) is 0.417. The monoisotopic (exact) mass is 462 g/mol. The van der Waals surface area contributed by atoms with Crippen molar-refractivity contribution in [2.24, 2.45) is 5.92 Å². The summed E-state index contributed by atoms with van der Waals surface area (Å²) in [6.07, 6.45) is 6.13. The van der Waals surface area contributed by atoms with E-state index in [0.717, 1.165) is 24.1 Å². The van der Waals surface area contributed by atoms with E-state index in [1.54, 1.807) is 23.0 Å². The van der Waals surface area contributed by atoms with E-state index in [-0.39, 0.29) is 17.9 Å². The molecule has 3 aliphatic rings. The average Bonchev–Trinajstić information content (AvgIpc) is 3.39. The molecule has 10 heteroatoms. The van der Waals surface area contributed by atoms with Gasteiger partial charge in [-0.2, -0.15) is 5.10 Å². The van der Waals surface area contributed by atoms with Gasteiger partial charge in [0.05, 0.1) is 36.9 Å². The van der Waals surface area contributed by atoms with E-state index in [0.29, 0.717) is 67.8 Å². The minimum atomic E-state index is -0.298. The first-order valence-corrected chi connectivity index (χ1v) is 11.6. The van der Waals surface area contributed by atoms with Crippen molar-refractivity contribution in [2.45, 2.75) is 25.5 Å². The van der Waals surface area contributed by atoms with Crippen molar-refractivity contribution in [1.29, 1.82) is 0 Å². The standard InChI is InChI=1S/C24H26N6O4/c31-17-8-15(9-17)13-29-14-16-10-20(21(11-18(16)24(29)33)28-4-6-34-7-5-28)27-23(32)19-12-26-30-3-1-2-25-22(19)30/h1-3,10-12,15,17,31H,4-9,13-14H2,(H,27,32). The zero-order chi connectivity index (χ0) is 23.2. The van der Waals surface area contributed by atoms with E-state index >= 15 is 0 Å². The number of nitrogens with zero attached hydrogens (tertiary/aromatic N) is 5. The molecule has 3 aromatic rings. The molecule has 2 fully saturated rings. The van der Waals surface area contributed by atoms with Crippen LogP contribution in [-0.4, -0.2) is 75.4 Å². The lowest BCUT2D eigenvalue weighted by Crippen LogP contribution is -2.38. The first-order valence-electron chi connectivity index (χ1n) is 11.6. The van der Waals surface area contributed by atoms with E-state index in [4.69, 9.17) is 4.74 Å². The van der Waals surface area contributed by atoms with Crippen LogP contribution in [0, 0.1) is 5.92 Å². The van der Waals surface area contributed by atoms with E-state index in [1.165, 1.54) is 6.20 Å². The van der Waals surface area contributed by atoms with Gasteiger partial charge >= 0.3 is 0 Å². The van der Waals surface area contributed by atoms with Crippen LogP contribution in [0.3, 0.4) is 0 Å². The molecule has 1 aliphatic carbocycles. The number of aromatic nitrogens is 3. The fourth-order valence-corrected chi connectivity index (χ4v) is 5.06. The first-order chi connectivity index (χ1) is 16.6. The quantitative estimate of drug-likeness (QED) is 0.592. The molecule has 0 radical (unpaired) electrons. The number of morpholine rings is 1. The van der Waals surface area contributed by atoms with Crippen LogP contribution in [0.25, 0.3) is 5.65 Å². The molecule has 176 valence electrons. The van der Waals surface area contributed by atoms with Crippen molar-refractivity contribution in [3.63, 3.8) is 0 Å². The van der Waals surface area contributed by atoms with Crippen molar-refractivity contribution in [3.05, 3.63) is 53.5 Å². The van der Waals surface area contributed by atoms with Crippen LogP contribution in [0.4, 0.5) is 11.4 Å². The van der Waals surface area contributed by atoms with Crippen LogP contribution < -0.4 is 10.2 Å². The lowest BCUT2D eigenvalue weighted by atomic mass is 9.82. The Kier molecular flexibility index (Phi) is 5.19. The molecule has 0 unspecified atom stereocenters. The smallest absolute Gasteiger partial charge is 0.261 e. The van der Waals surface area contributed by atoms with Gasteiger partial charge < -0.3 is 25.0 Å². The zero-order valence-electron chi connectivity index (χ0n) is 18.7. The maximum absolute atomic E-state index is 13.2. The number of anilines is 2. The highest BCUT2D eigenvalue weighted by atomic mass is 16.5. The molecule has 0 bridgehead atoms. The highest BCUT2D eigenvalue weighted by Gasteiger charge is 2.35. The zero-order valence-corrected chi connectivity index (χ0v) is 18.7. The number of hydrogen-bond acceptors (Lipinski definition) is 7. The number of rotatable bonds is 5. The van der Waals surface area contributed by atoms with Crippen LogP contribution >= 0.6 is 0 Å². The second-order valence-corrected chi connectivity index (χ2v) is 9.20. The van der Waals surface area contributed by atoms with E-state index in [1.807, 2.05) is 17.0 Å². The molecule has 0 atom stereocenters. The number of nitrogens with one attached hydrogen (secondary N) is 1. The van der Waals surface area contributed by atoms with Gasteiger partial charge in [0.15, 0.2) is 5.65 Å². The number of hydrogen-bond donors (Lipinski definition) is 2. The maximum atomic E-state index is 13.2. The minimum absolute atomic E-state index is 0.00982. The van der Waals surface area contributed by atoms with Gasteiger partial charge in [0.1, 0.15) is 5.56 Å². The fourth-order valence-electron chi connectivity index (χ4n) is 5.06. The Morgan fingerprint density at radius 3 is 2.85 bits per heavy atom. The Hall–Kier alpha value is -3.50. The third-order valence-corrected chi connectivity index (χ3v) is 6.91. The third kappa shape index (κ3) is 3.68. The van der Waals surface area contributed by atoms with Gasteiger partial charge in [-0.05, 0) is 42.5 Å². The van der Waals surface area contributed by atoms with Gasteiger partial charge in [-0.3, -0.25) is 9.59 Å². The molecule has 2 aliphatic heterocycles. The predicted molar refractivity (Wildman–Crippen MR) is 124 cm³/mol. The number of amides is 2. The maximum Gasteiger partial charge on any atom is 0.261 e. The second kappa shape index (κ2) is 8.37. The van der Waals surface area contributed by atoms with Crippen molar-refractivity contribution < 1.29 is 19.4 Å². The summed E-state index contributed by atoms with van der Waals surface area (Å²) in [5.74, 6) is 0.0534. The molecule has 34 heavy (non-hydrogen) atoms.